The van der Waals surface area contributed by atoms with E-state index in [2.05, 4.69) is 40.7 Å². The molecule has 20 heavy (non-hydrogen) atoms. The van der Waals surface area contributed by atoms with Crippen molar-refractivity contribution in [1.29, 1.82) is 0 Å². The third kappa shape index (κ3) is 3.94. The van der Waals surface area contributed by atoms with Gasteiger partial charge in [-0.05, 0) is 35.8 Å². The minimum atomic E-state index is 0.278. The van der Waals surface area contributed by atoms with Crippen LogP contribution in [-0.2, 0) is 0 Å². The molecule has 0 fully saturated rings. The largest absolute Gasteiger partial charge is 0.497 e. The third-order valence-corrected chi connectivity index (χ3v) is 4.92. The molecule has 0 amide bonds. The zero-order chi connectivity index (χ0) is 14.4. The van der Waals surface area contributed by atoms with Crippen LogP contribution < -0.4 is 10.1 Å². The Morgan fingerprint density at radius 3 is 2.65 bits per heavy atom. The number of methoxy groups -OCH3 is 1. The van der Waals surface area contributed by atoms with Crippen molar-refractivity contribution in [1.82, 2.24) is 14.7 Å². The maximum atomic E-state index is 5.21. The van der Waals surface area contributed by atoms with Gasteiger partial charge in [0.05, 0.1) is 7.11 Å². The first-order chi connectivity index (χ1) is 9.74. The second kappa shape index (κ2) is 7.61. The fraction of sp³-hybridized carbons (Fsp3) is 0.429. The lowest BCUT2D eigenvalue weighted by atomic mass is 10.0. The van der Waals surface area contributed by atoms with E-state index in [1.165, 1.54) is 17.1 Å². The van der Waals surface area contributed by atoms with E-state index < -0.39 is 0 Å². The summed E-state index contributed by atoms with van der Waals surface area (Å²) in [6.45, 7) is 5.26. The summed E-state index contributed by atoms with van der Waals surface area (Å²) < 4.78 is 10.3. The van der Waals surface area contributed by atoms with E-state index in [1.54, 1.807) is 25.2 Å². The molecule has 0 aliphatic carbocycles. The average molecular weight is 309 g/mol. The number of thioether (sulfide) groups is 1. The first-order valence-corrected chi connectivity index (χ1v) is 8.20. The lowest BCUT2D eigenvalue weighted by molar-refractivity contribution is 0.414. The molecule has 2 rings (SSSR count). The van der Waals surface area contributed by atoms with Gasteiger partial charge in [0.25, 0.3) is 0 Å². The highest BCUT2D eigenvalue weighted by Gasteiger charge is 2.20. The van der Waals surface area contributed by atoms with E-state index in [4.69, 9.17) is 4.74 Å². The van der Waals surface area contributed by atoms with Crippen LogP contribution in [0, 0.1) is 0 Å². The summed E-state index contributed by atoms with van der Waals surface area (Å²) in [5.74, 6) is 0.883. The van der Waals surface area contributed by atoms with Crippen molar-refractivity contribution in [3.05, 3.63) is 36.2 Å². The smallest absolute Gasteiger partial charge is 0.170 e. The number of ether oxygens (including phenoxy) is 1. The second-order valence-corrected chi connectivity index (χ2v) is 6.74. The third-order valence-electron chi connectivity index (χ3n) is 3.00. The molecule has 4 nitrogen and oxygen atoms in total. The highest BCUT2D eigenvalue weighted by atomic mass is 32.2. The Hall–Kier alpha value is -1.11. The summed E-state index contributed by atoms with van der Waals surface area (Å²) in [4.78, 5) is 4.24. The van der Waals surface area contributed by atoms with Crippen molar-refractivity contribution in [2.75, 3.05) is 13.7 Å². The second-order valence-electron chi connectivity index (χ2n) is 4.34. The van der Waals surface area contributed by atoms with Crippen molar-refractivity contribution in [3.8, 4) is 5.75 Å². The molecule has 1 aromatic carbocycles. The molecule has 0 radical (unpaired) electrons. The Labute approximate surface area is 128 Å². The number of hydrogen-bond donors (Lipinski definition) is 1. The number of aromatic nitrogens is 2. The van der Waals surface area contributed by atoms with Gasteiger partial charge in [0.2, 0.25) is 0 Å². The molecule has 1 aromatic heterocycles. The molecular weight excluding hydrogens is 290 g/mol. The van der Waals surface area contributed by atoms with Crippen molar-refractivity contribution in [2.24, 2.45) is 0 Å². The van der Waals surface area contributed by atoms with Crippen LogP contribution in [0.15, 0.2) is 34.9 Å². The van der Waals surface area contributed by atoms with E-state index in [-0.39, 0.29) is 6.04 Å². The standard InChI is InChI=1S/C14H19N3OS2/c1-4-15-13(10(2)19-14-16-9-17-20-14)11-5-7-12(18-3)8-6-11/h5-10,13,15H,4H2,1-3H3. The van der Waals surface area contributed by atoms with Gasteiger partial charge in [-0.3, -0.25) is 0 Å². The Bertz CT molecular complexity index is 502. The Morgan fingerprint density at radius 1 is 1.35 bits per heavy atom. The maximum Gasteiger partial charge on any atom is 0.170 e. The summed E-state index contributed by atoms with van der Waals surface area (Å²) in [5, 5.41) is 3.91. The minimum Gasteiger partial charge on any atom is -0.497 e. The molecule has 0 aliphatic rings. The fourth-order valence-corrected chi connectivity index (χ4v) is 3.88. The molecule has 2 atom stereocenters. The average Bonchev–Trinajstić information content (AvgIpc) is 2.97. The molecule has 0 aliphatic heterocycles. The first-order valence-electron chi connectivity index (χ1n) is 6.55. The predicted molar refractivity (Wildman–Crippen MR) is 84.6 cm³/mol. The number of nitrogens with one attached hydrogen (secondary N) is 1. The van der Waals surface area contributed by atoms with E-state index >= 15 is 0 Å². The zero-order valence-corrected chi connectivity index (χ0v) is 13.5. The normalized spacial score (nSPS) is 13.9. The highest BCUT2D eigenvalue weighted by molar-refractivity contribution is 8.01. The van der Waals surface area contributed by atoms with Crippen molar-refractivity contribution >= 4 is 23.3 Å². The topological polar surface area (TPSA) is 47.0 Å². The molecule has 0 bridgehead atoms. The number of nitrogens with zero attached hydrogens (tertiary/aromatic N) is 2. The molecule has 1 N–H and O–H groups in total. The zero-order valence-electron chi connectivity index (χ0n) is 11.9. The quantitative estimate of drug-likeness (QED) is 0.795. The van der Waals surface area contributed by atoms with Crippen LogP contribution in [0.1, 0.15) is 25.5 Å². The molecule has 0 saturated carbocycles. The number of hydrogen-bond acceptors (Lipinski definition) is 6. The van der Waals surface area contributed by atoms with Gasteiger partial charge >= 0.3 is 0 Å². The van der Waals surface area contributed by atoms with E-state index in [0.29, 0.717) is 5.25 Å². The maximum absolute atomic E-state index is 5.21. The molecule has 2 unspecified atom stereocenters. The van der Waals surface area contributed by atoms with E-state index in [0.717, 1.165) is 16.6 Å². The fourth-order valence-electron chi connectivity index (χ4n) is 2.03. The summed E-state index contributed by atoms with van der Waals surface area (Å²) in [6.07, 6.45) is 1.61. The summed E-state index contributed by atoms with van der Waals surface area (Å²) >= 11 is 3.20. The molecule has 0 saturated heterocycles. The lowest BCUT2D eigenvalue weighted by Gasteiger charge is -2.24. The van der Waals surface area contributed by atoms with Crippen molar-refractivity contribution < 1.29 is 4.74 Å². The van der Waals surface area contributed by atoms with Gasteiger partial charge in [-0.25, -0.2) is 4.98 Å². The first kappa shape index (κ1) is 15.3. The monoisotopic (exact) mass is 309 g/mol. The van der Waals surface area contributed by atoms with E-state index in [9.17, 15) is 0 Å². The van der Waals surface area contributed by atoms with Crippen LogP contribution in [0.3, 0.4) is 0 Å². The molecule has 0 spiro atoms. The number of rotatable bonds is 7. The van der Waals surface area contributed by atoms with Crippen LogP contribution in [-0.4, -0.2) is 28.3 Å². The van der Waals surface area contributed by atoms with Gasteiger partial charge in [-0.2, -0.15) is 4.37 Å². The molecule has 1 heterocycles. The van der Waals surface area contributed by atoms with Crippen LogP contribution in [0.2, 0.25) is 0 Å². The molecular formula is C14H19N3OS2. The van der Waals surface area contributed by atoms with Gasteiger partial charge in [-0.1, -0.05) is 37.7 Å². The molecule has 108 valence electrons. The summed E-state index contributed by atoms with van der Waals surface area (Å²) in [6, 6.07) is 8.51. The van der Waals surface area contributed by atoms with Crippen LogP contribution >= 0.6 is 23.3 Å². The SMILES string of the molecule is CCNC(c1ccc(OC)cc1)C(C)Sc1ncns1. The summed E-state index contributed by atoms with van der Waals surface area (Å²) in [7, 11) is 1.69. The lowest BCUT2D eigenvalue weighted by Crippen LogP contribution is -2.28. The van der Waals surface area contributed by atoms with Crippen molar-refractivity contribution in [2.45, 2.75) is 29.5 Å². The minimum absolute atomic E-state index is 0.278. The van der Waals surface area contributed by atoms with Crippen LogP contribution in [0.5, 0.6) is 5.75 Å². The highest BCUT2D eigenvalue weighted by Crippen LogP contribution is 2.32. The summed E-state index contributed by atoms with van der Waals surface area (Å²) in [5.41, 5.74) is 1.26. The molecule has 6 heteroatoms. The Balaban J connectivity index is 2.11. The van der Waals surface area contributed by atoms with Gasteiger partial charge < -0.3 is 10.1 Å². The van der Waals surface area contributed by atoms with Crippen LogP contribution in [0.4, 0.5) is 0 Å². The number of benzene rings is 1. The Kier molecular flexibility index (Phi) is 5.82. The van der Waals surface area contributed by atoms with Crippen molar-refractivity contribution in [3.63, 3.8) is 0 Å². The van der Waals surface area contributed by atoms with Gasteiger partial charge in [0, 0.05) is 11.3 Å². The van der Waals surface area contributed by atoms with Gasteiger partial charge in [-0.15, -0.1) is 0 Å². The molecule has 2 aromatic rings. The Morgan fingerprint density at radius 2 is 2.10 bits per heavy atom. The van der Waals surface area contributed by atoms with Crippen LogP contribution in [0.25, 0.3) is 0 Å². The predicted octanol–water partition coefficient (Wildman–Crippen LogP) is 3.38. The van der Waals surface area contributed by atoms with Gasteiger partial charge in [0.15, 0.2) is 4.34 Å². The van der Waals surface area contributed by atoms with Gasteiger partial charge in [0.1, 0.15) is 12.1 Å². The van der Waals surface area contributed by atoms with E-state index in [1.807, 2.05) is 12.1 Å².